The molecule has 2 rings (SSSR count). The molecule has 1 aromatic carbocycles. The van der Waals surface area contributed by atoms with Gasteiger partial charge >= 0.3 is 0 Å². The molecule has 17 heavy (non-hydrogen) atoms. The summed E-state index contributed by atoms with van der Waals surface area (Å²) in [4.78, 5) is 15.1. The lowest BCUT2D eigenvalue weighted by atomic mass is 10.2. The fraction of sp³-hybridized carbons (Fsp3) is 0.0769. The number of aryl methyl sites for hydroxylation is 1. The molecule has 2 aromatic rings. The van der Waals surface area contributed by atoms with Gasteiger partial charge in [-0.2, -0.15) is 0 Å². The number of rotatable bonds is 2. The van der Waals surface area contributed by atoms with Gasteiger partial charge in [0.1, 0.15) is 0 Å². The molecule has 4 heteroatoms. The van der Waals surface area contributed by atoms with Crippen LogP contribution in [-0.2, 0) is 0 Å². The maximum Gasteiger partial charge on any atom is 0.231 e. The fourth-order valence-corrected chi connectivity index (χ4v) is 1.52. The van der Waals surface area contributed by atoms with Gasteiger partial charge in [-0.3, -0.25) is 4.79 Å². The van der Waals surface area contributed by atoms with E-state index in [0.717, 1.165) is 5.56 Å². The van der Waals surface area contributed by atoms with Gasteiger partial charge in [0.25, 0.3) is 0 Å². The number of carbonyl (C=O) groups is 1. The quantitative estimate of drug-likeness (QED) is 0.765. The van der Waals surface area contributed by atoms with Crippen LogP contribution in [0.2, 0.25) is 5.02 Å². The third-order valence-corrected chi connectivity index (χ3v) is 2.59. The standard InChI is InChI=1S/C13H10ClNO2/c1-9-2-4-10(5-3-9)15-13-11(8-16)12(14)6-7-17-13/h2-8H,1H3. The van der Waals surface area contributed by atoms with Gasteiger partial charge in [-0.1, -0.05) is 29.3 Å². The first-order valence-electron chi connectivity index (χ1n) is 5.04. The van der Waals surface area contributed by atoms with Crippen molar-refractivity contribution >= 4 is 23.6 Å². The largest absolute Gasteiger partial charge is 0.446 e. The van der Waals surface area contributed by atoms with Crippen molar-refractivity contribution in [2.45, 2.75) is 6.92 Å². The molecular formula is C13H10ClNO2. The number of hydrogen-bond donors (Lipinski definition) is 0. The van der Waals surface area contributed by atoms with Crippen LogP contribution in [-0.4, -0.2) is 6.29 Å². The summed E-state index contributed by atoms with van der Waals surface area (Å²) in [6, 6.07) is 9.08. The van der Waals surface area contributed by atoms with E-state index in [9.17, 15) is 4.79 Å². The van der Waals surface area contributed by atoms with Gasteiger partial charge in [0.2, 0.25) is 5.55 Å². The fourth-order valence-electron chi connectivity index (χ4n) is 1.34. The minimum absolute atomic E-state index is 0.219. The smallest absolute Gasteiger partial charge is 0.231 e. The first-order chi connectivity index (χ1) is 8.20. The van der Waals surface area contributed by atoms with Crippen LogP contribution in [0.3, 0.4) is 0 Å². The van der Waals surface area contributed by atoms with Crippen LogP contribution in [0.15, 0.2) is 46.0 Å². The Bertz CT molecular complexity index is 600. The van der Waals surface area contributed by atoms with Crippen molar-refractivity contribution in [2.24, 2.45) is 4.99 Å². The Hall–Kier alpha value is -1.87. The molecule has 1 aromatic heterocycles. The molecule has 86 valence electrons. The predicted molar refractivity (Wildman–Crippen MR) is 65.5 cm³/mol. The van der Waals surface area contributed by atoms with E-state index in [-0.39, 0.29) is 11.1 Å². The zero-order valence-electron chi connectivity index (χ0n) is 9.18. The summed E-state index contributed by atoms with van der Waals surface area (Å²) in [6.07, 6.45) is 2.04. The van der Waals surface area contributed by atoms with Crippen molar-refractivity contribution in [1.82, 2.24) is 0 Å². The van der Waals surface area contributed by atoms with Gasteiger partial charge in [0, 0.05) is 0 Å². The van der Waals surface area contributed by atoms with Crippen LogP contribution >= 0.6 is 11.6 Å². The van der Waals surface area contributed by atoms with E-state index in [1.807, 2.05) is 31.2 Å². The van der Waals surface area contributed by atoms with Crippen molar-refractivity contribution < 1.29 is 9.21 Å². The van der Waals surface area contributed by atoms with Crippen LogP contribution in [0.25, 0.3) is 0 Å². The second-order valence-corrected chi connectivity index (χ2v) is 3.96. The zero-order chi connectivity index (χ0) is 12.3. The summed E-state index contributed by atoms with van der Waals surface area (Å²) in [5.74, 6) is 0. The lowest BCUT2D eigenvalue weighted by Gasteiger charge is -1.97. The predicted octanol–water partition coefficient (Wildman–Crippen LogP) is 3.29. The summed E-state index contributed by atoms with van der Waals surface area (Å²) in [5.41, 5.74) is 2.33. The highest BCUT2D eigenvalue weighted by Crippen LogP contribution is 2.13. The van der Waals surface area contributed by atoms with Crippen molar-refractivity contribution in [3.05, 3.63) is 58.3 Å². The van der Waals surface area contributed by atoms with Crippen molar-refractivity contribution in [2.75, 3.05) is 0 Å². The topological polar surface area (TPSA) is 42.6 Å². The minimum Gasteiger partial charge on any atom is -0.446 e. The molecule has 0 N–H and O–H groups in total. The third-order valence-electron chi connectivity index (χ3n) is 2.26. The Labute approximate surface area is 103 Å². The van der Waals surface area contributed by atoms with E-state index in [1.165, 1.54) is 12.3 Å². The summed E-state index contributed by atoms with van der Waals surface area (Å²) in [6.45, 7) is 1.99. The van der Waals surface area contributed by atoms with Gasteiger partial charge in [0.05, 0.1) is 22.5 Å². The number of carbonyl (C=O) groups excluding carboxylic acids is 1. The summed E-state index contributed by atoms with van der Waals surface area (Å²) < 4.78 is 5.18. The zero-order valence-corrected chi connectivity index (χ0v) is 9.94. The third kappa shape index (κ3) is 2.63. The molecule has 0 aliphatic carbocycles. The second-order valence-electron chi connectivity index (χ2n) is 3.55. The van der Waals surface area contributed by atoms with Crippen LogP contribution in [0, 0.1) is 6.92 Å². The molecule has 0 aliphatic heterocycles. The number of halogens is 1. The van der Waals surface area contributed by atoms with Gasteiger partial charge in [-0.05, 0) is 25.1 Å². The van der Waals surface area contributed by atoms with E-state index in [1.54, 1.807) is 0 Å². The monoisotopic (exact) mass is 247 g/mol. The highest BCUT2D eigenvalue weighted by Gasteiger charge is 2.03. The molecule has 3 nitrogen and oxygen atoms in total. The van der Waals surface area contributed by atoms with E-state index in [0.29, 0.717) is 17.0 Å². The van der Waals surface area contributed by atoms with Crippen LogP contribution in [0.5, 0.6) is 0 Å². The molecule has 1 heterocycles. The van der Waals surface area contributed by atoms with Crippen molar-refractivity contribution in [3.8, 4) is 0 Å². The molecule has 0 bridgehead atoms. The SMILES string of the molecule is Cc1ccc(N=c2occc(Cl)c2C=O)cc1. The van der Waals surface area contributed by atoms with Crippen molar-refractivity contribution in [1.29, 1.82) is 0 Å². The number of nitrogens with zero attached hydrogens (tertiary/aromatic N) is 1. The molecule has 0 saturated carbocycles. The summed E-state index contributed by atoms with van der Waals surface area (Å²) in [5, 5.41) is 0.331. The van der Waals surface area contributed by atoms with Crippen LogP contribution in [0.1, 0.15) is 15.9 Å². The Morgan fingerprint density at radius 2 is 1.94 bits per heavy atom. The maximum atomic E-state index is 10.9. The Morgan fingerprint density at radius 1 is 1.24 bits per heavy atom. The highest BCUT2D eigenvalue weighted by molar-refractivity contribution is 6.32. The van der Waals surface area contributed by atoms with Crippen LogP contribution in [0.4, 0.5) is 5.69 Å². The average molecular weight is 248 g/mol. The molecule has 0 radical (unpaired) electrons. The van der Waals surface area contributed by atoms with Gasteiger partial charge in [-0.15, -0.1) is 0 Å². The first kappa shape index (κ1) is 11.6. The molecule has 0 atom stereocenters. The summed E-state index contributed by atoms with van der Waals surface area (Å²) in [7, 11) is 0. The lowest BCUT2D eigenvalue weighted by molar-refractivity contribution is 0.111. The Morgan fingerprint density at radius 3 is 2.59 bits per heavy atom. The molecule has 0 unspecified atom stereocenters. The first-order valence-corrected chi connectivity index (χ1v) is 5.42. The molecule has 0 fully saturated rings. The lowest BCUT2D eigenvalue weighted by Crippen LogP contribution is -2.08. The number of benzene rings is 1. The van der Waals surface area contributed by atoms with Gasteiger partial charge in [0.15, 0.2) is 6.29 Å². The normalized spacial score (nSPS) is 11.5. The van der Waals surface area contributed by atoms with Gasteiger partial charge < -0.3 is 4.42 Å². The Kier molecular flexibility index (Phi) is 3.40. The molecule has 0 amide bonds. The highest BCUT2D eigenvalue weighted by atomic mass is 35.5. The molecule has 0 saturated heterocycles. The van der Waals surface area contributed by atoms with Crippen molar-refractivity contribution in [3.63, 3.8) is 0 Å². The Balaban J connectivity index is 2.57. The summed E-state index contributed by atoms with van der Waals surface area (Å²) >= 11 is 5.87. The van der Waals surface area contributed by atoms with E-state index in [4.69, 9.17) is 16.0 Å². The number of hydrogen-bond acceptors (Lipinski definition) is 3. The average Bonchev–Trinajstić information content (AvgIpc) is 2.32. The molecule has 0 aliphatic rings. The molecule has 0 spiro atoms. The van der Waals surface area contributed by atoms with E-state index < -0.39 is 0 Å². The minimum atomic E-state index is 0.219. The van der Waals surface area contributed by atoms with Crippen LogP contribution < -0.4 is 5.55 Å². The molecular weight excluding hydrogens is 238 g/mol. The van der Waals surface area contributed by atoms with Gasteiger partial charge in [-0.25, -0.2) is 4.99 Å². The second kappa shape index (κ2) is 4.97. The van der Waals surface area contributed by atoms with E-state index in [2.05, 4.69) is 4.99 Å². The number of aldehydes is 1. The maximum absolute atomic E-state index is 10.9. The van der Waals surface area contributed by atoms with E-state index >= 15 is 0 Å².